The number of rotatable bonds is 5. The molecule has 0 N–H and O–H groups in total. The topological polar surface area (TPSA) is 26.3 Å². The van der Waals surface area contributed by atoms with Gasteiger partial charge in [-0.2, -0.15) is 0 Å². The smallest absolute Gasteiger partial charge is 0.166 e. The van der Waals surface area contributed by atoms with Crippen LogP contribution in [-0.2, 0) is 24.0 Å². The fraction of sp³-hybridized carbons (Fsp3) is 0.611. The van der Waals surface area contributed by atoms with E-state index < -0.39 is 0 Å². The Bertz CT molecular complexity index is 445. The minimum Gasteiger partial charge on any atom is -0.381 e. The number of carbonyl (C=O) groups excluding carboxylic acids is 1. The molecule has 0 radical (unpaired) electrons. The van der Waals surface area contributed by atoms with E-state index in [9.17, 15) is 4.79 Å². The Balaban J connectivity index is 2.39. The maximum atomic E-state index is 12.9. The molecule has 0 saturated carbocycles. The fourth-order valence-electron chi connectivity index (χ4n) is 3.08. The monoisotopic (exact) mass is 274 g/mol. The lowest BCUT2D eigenvalue weighted by Crippen LogP contribution is -2.25. The molecule has 1 aliphatic rings. The molecule has 1 heterocycles. The number of hydrogen-bond acceptors (Lipinski definition) is 2. The summed E-state index contributed by atoms with van der Waals surface area (Å²) in [7, 11) is 0. The Labute approximate surface area is 122 Å². The van der Waals surface area contributed by atoms with Gasteiger partial charge >= 0.3 is 0 Å². The molecule has 0 spiro atoms. The van der Waals surface area contributed by atoms with Crippen LogP contribution in [-0.4, -0.2) is 19.0 Å². The van der Waals surface area contributed by atoms with Gasteiger partial charge in [-0.1, -0.05) is 32.9 Å². The van der Waals surface area contributed by atoms with E-state index in [1.807, 2.05) is 0 Å². The summed E-state index contributed by atoms with van der Waals surface area (Å²) in [5, 5.41) is 0. The van der Waals surface area contributed by atoms with Crippen LogP contribution in [0.1, 0.15) is 60.7 Å². The molecule has 0 amide bonds. The van der Waals surface area contributed by atoms with Crippen molar-refractivity contribution in [1.82, 2.24) is 0 Å². The molecular weight excluding hydrogens is 248 g/mol. The van der Waals surface area contributed by atoms with Crippen LogP contribution in [0.4, 0.5) is 0 Å². The standard InChI is InChI=1S/C18H26O2/c1-4-13-11-14(5-2)17(15(6-3)12-13)18(19)16-7-9-20-10-8-16/h11-12,16H,4-10H2,1-3H3. The molecule has 0 bridgehead atoms. The van der Waals surface area contributed by atoms with Crippen molar-refractivity contribution in [3.05, 3.63) is 34.4 Å². The highest BCUT2D eigenvalue weighted by Crippen LogP contribution is 2.27. The van der Waals surface area contributed by atoms with E-state index in [-0.39, 0.29) is 5.92 Å². The summed E-state index contributed by atoms with van der Waals surface area (Å²) in [4.78, 5) is 12.9. The first kappa shape index (κ1) is 15.2. The van der Waals surface area contributed by atoms with Gasteiger partial charge in [-0.25, -0.2) is 0 Å². The lowest BCUT2D eigenvalue weighted by molar-refractivity contribution is 0.0543. The molecule has 0 unspecified atom stereocenters. The average molecular weight is 274 g/mol. The third-order valence-corrected chi connectivity index (χ3v) is 4.37. The molecule has 0 aliphatic carbocycles. The molecule has 1 aromatic carbocycles. The van der Waals surface area contributed by atoms with Crippen LogP contribution in [0, 0.1) is 5.92 Å². The summed E-state index contributed by atoms with van der Waals surface area (Å²) in [6.45, 7) is 7.93. The second-order valence-corrected chi connectivity index (χ2v) is 5.60. The van der Waals surface area contributed by atoms with E-state index in [0.29, 0.717) is 5.78 Å². The van der Waals surface area contributed by atoms with E-state index in [1.165, 1.54) is 16.7 Å². The predicted molar refractivity (Wildman–Crippen MR) is 82.4 cm³/mol. The Morgan fingerprint density at radius 1 is 1.05 bits per heavy atom. The number of benzene rings is 1. The van der Waals surface area contributed by atoms with Crippen molar-refractivity contribution in [2.75, 3.05) is 13.2 Å². The number of hydrogen-bond donors (Lipinski definition) is 0. The zero-order valence-electron chi connectivity index (χ0n) is 13.0. The Hall–Kier alpha value is -1.15. The van der Waals surface area contributed by atoms with Crippen molar-refractivity contribution in [2.24, 2.45) is 5.92 Å². The van der Waals surface area contributed by atoms with Crippen molar-refractivity contribution in [3.8, 4) is 0 Å². The van der Waals surface area contributed by atoms with Crippen molar-refractivity contribution < 1.29 is 9.53 Å². The highest BCUT2D eigenvalue weighted by molar-refractivity contribution is 6.00. The number of carbonyl (C=O) groups is 1. The highest BCUT2D eigenvalue weighted by Gasteiger charge is 2.26. The highest BCUT2D eigenvalue weighted by atomic mass is 16.5. The van der Waals surface area contributed by atoms with Crippen LogP contribution in [0.25, 0.3) is 0 Å². The number of Topliss-reactive ketones (excluding diaryl/α,β-unsaturated/α-hetero) is 1. The molecule has 1 aliphatic heterocycles. The third-order valence-electron chi connectivity index (χ3n) is 4.37. The molecule has 0 atom stereocenters. The van der Waals surface area contributed by atoms with Gasteiger partial charge in [0.15, 0.2) is 5.78 Å². The van der Waals surface area contributed by atoms with Crippen LogP contribution < -0.4 is 0 Å². The zero-order chi connectivity index (χ0) is 14.5. The SMILES string of the molecule is CCc1cc(CC)c(C(=O)C2CCOCC2)c(CC)c1. The molecule has 1 aromatic rings. The normalized spacial score (nSPS) is 16.4. The van der Waals surface area contributed by atoms with Gasteiger partial charge in [0.25, 0.3) is 0 Å². The Kier molecular flexibility index (Phi) is 5.36. The van der Waals surface area contributed by atoms with Crippen molar-refractivity contribution >= 4 is 5.78 Å². The van der Waals surface area contributed by atoms with Gasteiger partial charge in [0.1, 0.15) is 0 Å². The molecule has 2 heteroatoms. The van der Waals surface area contributed by atoms with Crippen LogP contribution in [0.3, 0.4) is 0 Å². The van der Waals surface area contributed by atoms with E-state index in [2.05, 4.69) is 32.9 Å². The Morgan fingerprint density at radius 2 is 1.60 bits per heavy atom. The minimum atomic E-state index is 0.159. The quantitative estimate of drug-likeness (QED) is 0.759. The summed E-state index contributed by atoms with van der Waals surface area (Å²) in [5.74, 6) is 0.511. The van der Waals surface area contributed by atoms with Crippen molar-refractivity contribution in [2.45, 2.75) is 52.9 Å². The average Bonchev–Trinajstić information content (AvgIpc) is 2.53. The van der Waals surface area contributed by atoms with E-state index >= 15 is 0 Å². The minimum absolute atomic E-state index is 0.159. The maximum absolute atomic E-state index is 12.9. The molecular formula is C18H26O2. The van der Waals surface area contributed by atoms with Gasteiger partial charge in [-0.05, 0) is 48.8 Å². The Morgan fingerprint density at radius 3 is 2.05 bits per heavy atom. The lowest BCUT2D eigenvalue weighted by atomic mass is 9.84. The van der Waals surface area contributed by atoms with Crippen LogP contribution in [0.5, 0.6) is 0 Å². The number of aryl methyl sites for hydroxylation is 3. The van der Waals surface area contributed by atoms with Gasteiger partial charge in [-0.15, -0.1) is 0 Å². The summed E-state index contributed by atoms with van der Waals surface area (Å²) in [6, 6.07) is 4.46. The maximum Gasteiger partial charge on any atom is 0.166 e. The summed E-state index contributed by atoms with van der Waals surface area (Å²) >= 11 is 0. The van der Waals surface area contributed by atoms with Crippen LogP contribution in [0.2, 0.25) is 0 Å². The molecule has 110 valence electrons. The number of ketones is 1. The van der Waals surface area contributed by atoms with Gasteiger partial charge < -0.3 is 4.74 Å². The van der Waals surface area contributed by atoms with Gasteiger partial charge in [0, 0.05) is 24.7 Å². The zero-order valence-corrected chi connectivity index (χ0v) is 13.0. The molecule has 0 aromatic heterocycles. The molecule has 2 rings (SSSR count). The summed E-state index contributed by atoms with van der Waals surface area (Å²) in [5.41, 5.74) is 4.83. The van der Waals surface area contributed by atoms with Gasteiger partial charge in [0.05, 0.1) is 0 Å². The molecule has 1 saturated heterocycles. The second kappa shape index (κ2) is 7.03. The molecule has 20 heavy (non-hydrogen) atoms. The third kappa shape index (κ3) is 3.12. The molecule has 2 nitrogen and oxygen atoms in total. The first-order chi connectivity index (χ1) is 9.71. The van der Waals surface area contributed by atoms with Gasteiger partial charge in [-0.3, -0.25) is 4.79 Å². The fourth-order valence-corrected chi connectivity index (χ4v) is 3.08. The van der Waals surface area contributed by atoms with Crippen LogP contribution in [0.15, 0.2) is 12.1 Å². The van der Waals surface area contributed by atoms with Gasteiger partial charge in [0.2, 0.25) is 0 Å². The van der Waals surface area contributed by atoms with E-state index in [4.69, 9.17) is 4.74 Å². The van der Waals surface area contributed by atoms with Crippen molar-refractivity contribution in [1.29, 1.82) is 0 Å². The summed E-state index contributed by atoms with van der Waals surface area (Å²) < 4.78 is 5.38. The molecule has 1 fully saturated rings. The van der Waals surface area contributed by atoms with E-state index in [0.717, 1.165) is 50.9 Å². The predicted octanol–water partition coefficient (Wildman–Crippen LogP) is 3.98. The van der Waals surface area contributed by atoms with Crippen LogP contribution >= 0.6 is 0 Å². The largest absolute Gasteiger partial charge is 0.381 e. The number of ether oxygens (including phenoxy) is 1. The lowest BCUT2D eigenvalue weighted by Gasteiger charge is -2.23. The van der Waals surface area contributed by atoms with E-state index in [1.54, 1.807) is 0 Å². The second-order valence-electron chi connectivity index (χ2n) is 5.60. The first-order valence-corrected chi connectivity index (χ1v) is 7.97. The first-order valence-electron chi connectivity index (χ1n) is 7.97. The summed E-state index contributed by atoms with van der Waals surface area (Å²) in [6.07, 6.45) is 4.66. The van der Waals surface area contributed by atoms with Crippen molar-refractivity contribution in [3.63, 3.8) is 0 Å².